The second-order valence-corrected chi connectivity index (χ2v) is 7.62. The van der Waals surface area contributed by atoms with Crippen LogP contribution in [0, 0.1) is 12.7 Å². The summed E-state index contributed by atoms with van der Waals surface area (Å²) in [7, 11) is 1.69. The molecule has 0 saturated carbocycles. The van der Waals surface area contributed by atoms with Crippen LogP contribution >= 0.6 is 11.8 Å². The lowest BCUT2D eigenvalue weighted by atomic mass is 10.1. The Morgan fingerprint density at radius 3 is 2.74 bits per heavy atom. The summed E-state index contributed by atoms with van der Waals surface area (Å²) in [5, 5.41) is 8.02. The Bertz CT molecular complexity index is 944. The van der Waals surface area contributed by atoms with E-state index in [1.165, 1.54) is 23.9 Å². The van der Waals surface area contributed by atoms with Gasteiger partial charge < -0.3 is 9.32 Å². The highest BCUT2D eigenvalue weighted by atomic mass is 32.2. The van der Waals surface area contributed by atoms with Crippen LogP contribution in [-0.4, -0.2) is 33.3 Å². The van der Waals surface area contributed by atoms with Gasteiger partial charge in [-0.25, -0.2) is 4.39 Å². The summed E-state index contributed by atoms with van der Waals surface area (Å²) in [6.07, 6.45) is 0. The van der Waals surface area contributed by atoms with Gasteiger partial charge in [-0.3, -0.25) is 4.79 Å². The molecule has 0 bridgehead atoms. The van der Waals surface area contributed by atoms with Crippen molar-refractivity contribution in [2.45, 2.75) is 30.9 Å². The van der Waals surface area contributed by atoms with Gasteiger partial charge in [0.15, 0.2) is 0 Å². The highest BCUT2D eigenvalue weighted by Crippen LogP contribution is 2.27. The SMILES string of the molecule is Cc1cccc(-c2nnc(S[C@H](C)C(=O)N(C)Cc3cccc(F)c3)o2)c1. The number of amides is 1. The van der Waals surface area contributed by atoms with Crippen LogP contribution in [0.25, 0.3) is 11.5 Å². The van der Waals surface area contributed by atoms with Crippen molar-refractivity contribution in [3.05, 3.63) is 65.5 Å². The van der Waals surface area contributed by atoms with E-state index in [9.17, 15) is 9.18 Å². The first-order valence-electron chi connectivity index (χ1n) is 8.49. The van der Waals surface area contributed by atoms with Crippen LogP contribution in [0.1, 0.15) is 18.1 Å². The average molecular weight is 385 g/mol. The van der Waals surface area contributed by atoms with Gasteiger partial charge in [0.25, 0.3) is 5.22 Å². The number of thioether (sulfide) groups is 1. The highest BCUT2D eigenvalue weighted by Gasteiger charge is 2.22. The van der Waals surface area contributed by atoms with E-state index < -0.39 is 5.25 Å². The summed E-state index contributed by atoms with van der Waals surface area (Å²) in [5.41, 5.74) is 2.68. The standard InChI is InChI=1S/C20H20FN3O2S/c1-13-6-4-8-16(10-13)18-22-23-20(26-18)27-14(2)19(25)24(3)12-15-7-5-9-17(21)11-15/h4-11,14H,12H2,1-3H3/t14-/m1/s1. The Morgan fingerprint density at radius 2 is 2.00 bits per heavy atom. The first-order valence-corrected chi connectivity index (χ1v) is 9.37. The first kappa shape index (κ1) is 19.1. The molecule has 3 aromatic rings. The van der Waals surface area contributed by atoms with Crippen molar-refractivity contribution in [1.29, 1.82) is 0 Å². The Hall–Kier alpha value is -2.67. The molecular formula is C20H20FN3O2S. The number of halogens is 1. The molecule has 0 aliphatic rings. The Kier molecular flexibility index (Phi) is 5.91. The lowest BCUT2D eigenvalue weighted by Gasteiger charge is -2.20. The number of hydrogen-bond donors (Lipinski definition) is 0. The number of nitrogens with zero attached hydrogens (tertiary/aromatic N) is 3. The van der Waals surface area contributed by atoms with Crippen molar-refractivity contribution in [3.8, 4) is 11.5 Å². The number of hydrogen-bond acceptors (Lipinski definition) is 5. The quantitative estimate of drug-likeness (QED) is 0.591. The molecule has 27 heavy (non-hydrogen) atoms. The molecule has 5 nitrogen and oxygen atoms in total. The van der Waals surface area contributed by atoms with E-state index in [4.69, 9.17) is 4.42 Å². The molecule has 140 valence electrons. The monoisotopic (exact) mass is 385 g/mol. The van der Waals surface area contributed by atoms with Gasteiger partial charge in [0.2, 0.25) is 11.8 Å². The molecule has 1 heterocycles. The van der Waals surface area contributed by atoms with Crippen molar-refractivity contribution in [2.75, 3.05) is 7.05 Å². The molecular weight excluding hydrogens is 365 g/mol. The number of carbonyl (C=O) groups is 1. The maximum atomic E-state index is 13.3. The third-order valence-electron chi connectivity index (χ3n) is 3.98. The number of aromatic nitrogens is 2. The molecule has 7 heteroatoms. The third kappa shape index (κ3) is 4.95. The summed E-state index contributed by atoms with van der Waals surface area (Å²) >= 11 is 1.21. The molecule has 2 aromatic carbocycles. The lowest BCUT2D eigenvalue weighted by Crippen LogP contribution is -2.32. The van der Waals surface area contributed by atoms with Gasteiger partial charge in [0.05, 0.1) is 5.25 Å². The summed E-state index contributed by atoms with van der Waals surface area (Å²) in [6.45, 7) is 4.11. The molecule has 0 aliphatic heterocycles. The molecule has 0 fully saturated rings. The fraction of sp³-hybridized carbons (Fsp3) is 0.250. The average Bonchev–Trinajstić information content (AvgIpc) is 3.09. The van der Waals surface area contributed by atoms with Gasteiger partial charge >= 0.3 is 0 Å². The minimum absolute atomic E-state index is 0.0976. The molecule has 1 atom stereocenters. The molecule has 0 aliphatic carbocycles. The smallest absolute Gasteiger partial charge is 0.277 e. The van der Waals surface area contributed by atoms with E-state index in [2.05, 4.69) is 10.2 Å². The van der Waals surface area contributed by atoms with E-state index in [-0.39, 0.29) is 11.7 Å². The van der Waals surface area contributed by atoms with Gasteiger partial charge in [-0.2, -0.15) is 0 Å². The summed E-state index contributed by atoms with van der Waals surface area (Å²) in [4.78, 5) is 14.1. The van der Waals surface area contributed by atoms with Crippen LogP contribution in [0.3, 0.4) is 0 Å². The number of benzene rings is 2. The minimum atomic E-state index is -0.408. The molecule has 3 rings (SSSR count). The Balaban J connectivity index is 1.62. The van der Waals surface area contributed by atoms with Gasteiger partial charge in [-0.1, -0.05) is 41.6 Å². The Morgan fingerprint density at radius 1 is 1.22 bits per heavy atom. The van der Waals surface area contributed by atoms with Crippen molar-refractivity contribution in [3.63, 3.8) is 0 Å². The summed E-state index contributed by atoms with van der Waals surface area (Å²) < 4.78 is 19.0. The van der Waals surface area contributed by atoms with E-state index in [0.717, 1.165) is 16.7 Å². The fourth-order valence-electron chi connectivity index (χ4n) is 2.65. The van der Waals surface area contributed by atoms with E-state index >= 15 is 0 Å². The lowest BCUT2D eigenvalue weighted by molar-refractivity contribution is -0.129. The number of carbonyl (C=O) groups excluding carboxylic acids is 1. The van der Waals surface area contributed by atoms with Gasteiger partial charge in [0, 0.05) is 19.2 Å². The van der Waals surface area contributed by atoms with Crippen LogP contribution in [0.4, 0.5) is 4.39 Å². The highest BCUT2D eigenvalue weighted by molar-refractivity contribution is 8.00. The summed E-state index contributed by atoms with van der Waals surface area (Å²) in [5.74, 6) is 0.0128. The fourth-order valence-corrected chi connectivity index (χ4v) is 3.45. The van der Waals surface area contributed by atoms with Crippen molar-refractivity contribution in [2.24, 2.45) is 0 Å². The molecule has 0 N–H and O–H groups in total. The second-order valence-electron chi connectivity index (χ2n) is 6.33. The van der Waals surface area contributed by atoms with Crippen LogP contribution in [0.2, 0.25) is 0 Å². The van der Waals surface area contributed by atoms with Crippen LogP contribution in [-0.2, 0) is 11.3 Å². The zero-order chi connectivity index (χ0) is 19.4. The number of aryl methyl sites for hydroxylation is 1. The molecule has 0 unspecified atom stereocenters. The topological polar surface area (TPSA) is 59.2 Å². The zero-order valence-corrected chi connectivity index (χ0v) is 16.2. The van der Waals surface area contributed by atoms with Crippen LogP contribution < -0.4 is 0 Å². The second kappa shape index (κ2) is 8.35. The first-order chi connectivity index (χ1) is 12.9. The van der Waals surface area contributed by atoms with Crippen molar-refractivity contribution in [1.82, 2.24) is 15.1 Å². The van der Waals surface area contributed by atoms with Gasteiger partial charge in [-0.05, 0) is 43.7 Å². The zero-order valence-electron chi connectivity index (χ0n) is 15.3. The predicted octanol–water partition coefficient (Wildman–Crippen LogP) is 4.32. The van der Waals surface area contributed by atoms with Crippen molar-refractivity contribution >= 4 is 17.7 Å². The molecule has 0 spiro atoms. The van der Waals surface area contributed by atoms with Crippen molar-refractivity contribution < 1.29 is 13.6 Å². The van der Waals surface area contributed by atoms with Gasteiger partial charge in [0.1, 0.15) is 5.82 Å². The predicted molar refractivity (Wildman–Crippen MR) is 103 cm³/mol. The maximum Gasteiger partial charge on any atom is 0.277 e. The maximum absolute atomic E-state index is 13.3. The molecule has 0 radical (unpaired) electrons. The van der Waals surface area contributed by atoms with Crippen LogP contribution in [0.5, 0.6) is 0 Å². The van der Waals surface area contributed by atoms with E-state index in [0.29, 0.717) is 17.7 Å². The minimum Gasteiger partial charge on any atom is -0.411 e. The Labute approximate surface area is 161 Å². The van der Waals surface area contributed by atoms with E-state index in [1.807, 2.05) is 31.2 Å². The van der Waals surface area contributed by atoms with Crippen LogP contribution in [0.15, 0.2) is 58.2 Å². The molecule has 1 aromatic heterocycles. The molecule has 1 amide bonds. The van der Waals surface area contributed by atoms with E-state index in [1.54, 1.807) is 31.0 Å². The summed E-state index contributed by atoms with van der Waals surface area (Å²) in [6, 6.07) is 14.0. The normalized spacial score (nSPS) is 12.0. The van der Waals surface area contributed by atoms with Gasteiger partial charge in [-0.15, -0.1) is 10.2 Å². The number of rotatable bonds is 6. The molecule has 0 saturated heterocycles. The third-order valence-corrected chi connectivity index (χ3v) is 4.90. The largest absolute Gasteiger partial charge is 0.411 e.